The Morgan fingerprint density at radius 2 is 0.658 bits per heavy atom. The molecule has 1 aromatic carbocycles. The molecule has 0 saturated heterocycles. The molecule has 640 valence electrons. The van der Waals surface area contributed by atoms with E-state index in [2.05, 4.69) is 74.4 Å². The molecule has 0 spiro atoms. The molecule has 0 aromatic heterocycles. The molecule has 0 radical (unpaired) electrons. The number of aliphatic hydroxyl groups excluding tert-OH is 1. The molecule has 1 aliphatic carbocycles. The maximum Gasteiger partial charge on any atom is 0.246 e. The van der Waals surface area contributed by atoms with E-state index < -0.39 is 214 Å². The second kappa shape index (κ2) is 42.1. The summed E-state index contributed by atoms with van der Waals surface area (Å²) in [5, 5.41) is 45.7. The number of aliphatic hydroxyl groups is 1. The van der Waals surface area contributed by atoms with Gasteiger partial charge in [-0.3, -0.25) is 86.3 Å². The first-order chi connectivity index (χ1) is 52.1. The summed E-state index contributed by atoms with van der Waals surface area (Å²) in [5.41, 5.74) is 5.48. The van der Waals surface area contributed by atoms with Gasteiger partial charge in [0.15, 0.2) is 0 Å². The average molecular weight is 1610 g/mol. The minimum Gasteiger partial charge on any atom is -0.394 e. The highest BCUT2D eigenvalue weighted by atomic mass is 16.3. The van der Waals surface area contributed by atoms with Crippen LogP contribution in [0.1, 0.15) is 221 Å². The SMILES string of the molecule is CC(=O)N(CC(=O)N[C@@H](C)C(=O)NC(C)(C)C(=O)NC(C)(C)C(=O)N[C@@H](CC(C)C)C(=O)NC(C)(C)C(=O)N[C@@H](CCC(N)=O)C(=O)NC(C)(C)C(=O)NC(C)(C)C(=O)NC(C)(C)C(=O)N[C@@H](CCC(N)=O)C(=O)N[C@@H](CC(C)C)C(=O)NC(C)(C)C(=O)N[C@@H](CCC(N)=O)C(=O)N[C@H](CO)CC(C)C)C1Cc2ccccc2C1. The van der Waals surface area contributed by atoms with E-state index in [1.165, 1.54) is 116 Å². The van der Waals surface area contributed by atoms with Gasteiger partial charge in [-0.1, -0.05) is 65.8 Å². The number of primary amides is 3. The second-order valence-corrected chi connectivity index (χ2v) is 34.4. The summed E-state index contributed by atoms with van der Waals surface area (Å²) in [5.74, 6) is -15.8. The monoisotopic (exact) mass is 1610 g/mol. The molecule has 0 fully saturated rings. The Labute approximate surface area is 668 Å². The van der Waals surface area contributed by atoms with E-state index in [4.69, 9.17) is 17.2 Å². The molecule has 2 rings (SSSR count). The first-order valence-corrected chi connectivity index (χ1v) is 38.3. The minimum absolute atomic E-state index is 0.00259. The van der Waals surface area contributed by atoms with Crippen LogP contribution in [-0.4, -0.2) is 217 Å². The van der Waals surface area contributed by atoms with Crippen LogP contribution in [0.2, 0.25) is 0 Å². The highest BCUT2D eigenvalue weighted by molar-refractivity contribution is 6.03. The minimum atomic E-state index is -1.94. The Hall–Kier alpha value is -10.4. The van der Waals surface area contributed by atoms with Crippen LogP contribution in [-0.2, 0) is 99.1 Å². The largest absolute Gasteiger partial charge is 0.394 e. The van der Waals surface area contributed by atoms with Gasteiger partial charge in [0.05, 0.1) is 19.2 Å². The molecular formula is C77H128N18O19. The fourth-order valence-electron chi connectivity index (χ4n) is 11.8. The Morgan fingerprint density at radius 3 is 0.982 bits per heavy atom. The zero-order chi connectivity index (χ0) is 87.9. The molecule has 7 atom stereocenters. The third kappa shape index (κ3) is 32.3. The highest BCUT2D eigenvalue weighted by Gasteiger charge is 2.46. The number of hydrogen-bond acceptors (Lipinski definition) is 19. The fourth-order valence-corrected chi connectivity index (χ4v) is 11.8. The summed E-state index contributed by atoms with van der Waals surface area (Å²) in [6, 6.07) is -1.71. The van der Waals surface area contributed by atoms with Gasteiger partial charge in [0.1, 0.15) is 75.0 Å². The molecule has 21 N–H and O–H groups in total. The molecule has 18 amide bonds. The van der Waals surface area contributed by atoms with Crippen molar-refractivity contribution < 1.29 is 91.4 Å². The molecule has 0 unspecified atom stereocenters. The third-order valence-electron chi connectivity index (χ3n) is 18.8. The summed E-state index contributed by atoms with van der Waals surface area (Å²) in [4.78, 5) is 245. The molecule has 1 aromatic rings. The van der Waals surface area contributed by atoms with Crippen molar-refractivity contribution in [2.24, 2.45) is 35.0 Å². The maximum absolute atomic E-state index is 14.2. The zero-order valence-corrected chi connectivity index (χ0v) is 70.3. The van der Waals surface area contributed by atoms with Gasteiger partial charge < -0.3 is 102 Å². The predicted octanol–water partition coefficient (Wildman–Crippen LogP) is -2.39. The van der Waals surface area contributed by atoms with Crippen LogP contribution < -0.4 is 91.6 Å². The summed E-state index contributed by atoms with van der Waals surface area (Å²) < 4.78 is 0. The van der Waals surface area contributed by atoms with Crippen molar-refractivity contribution in [2.45, 2.75) is 310 Å². The number of hydrogen-bond donors (Lipinski definition) is 18. The molecular weight excluding hydrogens is 1480 g/mol. The van der Waals surface area contributed by atoms with Crippen molar-refractivity contribution in [3.63, 3.8) is 0 Å². The summed E-state index contributed by atoms with van der Waals surface area (Å²) in [7, 11) is 0. The summed E-state index contributed by atoms with van der Waals surface area (Å²) in [6.45, 7) is 30.8. The van der Waals surface area contributed by atoms with Crippen molar-refractivity contribution in [3.05, 3.63) is 35.4 Å². The van der Waals surface area contributed by atoms with E-state index in [1.54, 1.807) is 27.7 Å². The normalized spacial score (nSPS) is 14.6. The summed E-state index contributed by atoms with van der Waals surface area (Å²) in [6.07, 6.45) is -0.854. The molecule has 0 saturated carbocycles. The fraction of sp³-hybridized carbons (Fsp3) is 0.688. The Balaban J connectivity index is 2.24. The number of carbonyl (C=O) groups excluding carboxylic acids is 18. The van der Waals surface area contributed by atoms with Gasteiger partial charge in [-0.15, -0.1) is 0 Å². The molecule has 37 nitrogen and oxygen atoms in total. The van der Waals surface area contributed by atoms with Crippen LogP contribution in [0.3, 0.4) is 0 Å². The van der Waals surface area contributed by atoms with E-state index in [0.29, 0.717) is 19.3 Å². The Kier molecular flexibility index (Phi) is 36.9. The first-order valence-electron chi connectivity index (χ1n) is 38.3. The Morgan fingerprint density at radius 1 is 0.377 bits per heavy atom. The van der Waals surface area contributed by atoms with E-state index in [1.807, 2.05) is 38.1 Å². The highest BCUT2D eigenvalue weighted by Crippen LogP contribution is 2.26. The number of benzene rings is 1. The lowest BCUT2D eigenvalue weighted by atomic mass is 9.95. The number of amides is 18. The van der Waals surface area contributed by atoms with Crippen LogP contribution in [0.15, 0.2) is 24.3 Å². The lowest BCUT2D eigenvalue weighted by Gasteiger charge is -2.36. The molecule has 0 bridgehead atoms. The maximum atomic E-state index is 14.2. The van der Waals surface area contributed by atoms with Crippen LogP contribution in [0.25, 0.3) is 0 Å². The van der Waals surface area contributed by atoms with Gasteiger partial charge in [-0.25, -0.2) is 0 Å². The summed E-state index contributed by atoms with van der Waals surface area (Å²) >= 11 is 0. The van der Waals surface area contributed by atoms with Crippen LogP contribution in [0.5, 0.6) is 0 Å². The van der Waals surface area contributed by atoms with Crippen LogP contribution >= 0.6 is 0 Å². The van der Waals surface area contributed by atoms with Crippen LogP contribution in [0, 0.1) is 17.8 Å². The van der Waals surface area contributed by atoms with E-state index >= 15 is 0 Å². The number of nitrogens with two attached hydrogens (primary N) is 3. The molecule has 0 heterocycles. The lowest BCUT2D eigenvalue weighted by molar-refractivity contribution is -0.141. The lowest BCUT2D eigenvalue weighted by Crippen LogP contribution is -2.68. The topological polar surface area (TPSA) is 577 Å². The van der Waals surface area contributed by atoms with Crippen LogP contribution in [0.4, 0.5) is 0 Å². The van der Waals surface area contributed by atoms with Gasteiger partial charge in [-0.05, 0) is 184 Å². The van der Waals surface area contributed by atoms with Crippen molar-refractivity contribution in [2.75, 3.05) is 13.2 Å². The van der Waals surface area contributed by atoms with E-state index in [9.17, 15) is 91.4 Å². The third-order valence-corrected chi connectivity index (χ3v) is 18.8. The number of rotatable bonds is 46. The standard InChI is InChI=1S/C77H128N18O19/c1-40(2)33-47(39-96)82-59(103)49(27-30-54(78)98)84-64(108)71(9,10)90-62(106)52(34-41(3)4)83-60(104)50(28-31-55(79)99)85-66(110)73(13,14)93-70(114)77(21,22)94-69(113)76(19,20)89-61(105)51(29-32-56(80)100)86-65(109)72(11,12)91-63(107)53(35-42(5)6)87-67(111)74(15,16)92-68(112)75(17,18)88-58(102)43(7)81-57(101)38-95(44(8)97)48-36-45-25-23-24-26-46(45)37-48/h23-26,40-43,47-53,96H,27-39H2,1-22H3,(H2,78,98)(H2,79,99)(H2,80,100)(H,81,101)(H,82,103)(H,83,104)(H,84,108)(H,85,110)(H,86,109)(H,87,111)(H,88,102)(H,89,105)(H,90,106)(H,91,107)(H,92,112)(H,93,114)(H,94,113)/t43-,47-,49-,50-,51-,52-,53-/m0/s1. The van der Waals surface area contributed by atoms with Crippen molar-refractivity contribution in [3.8, 4) is 0 Å². The first kappa shape index (κ1) is 99.7. The molecule has 0 aliphatic heterocycles. The van der Waals surface area contributed by atoms with Gasteiger partial charge in [0, 0.05) is 32.2 Å². The smallest absolute Gasteiger partial charge is 0.246 e. The Bertz CT molecular complexity index is 3690. The average Bonchev–Trinajstić information content (AvgIpc) is 0.886. The van der Waals surface area contributed by atoms with Gasteiger partial charge in [0.2, 0.25) is 106 Å². The van der Waals surface area contributed by atoms with Crippen molar-refractivity contribution in [1.29, 1.82) is 0 Å². The van der Waals surface area contributed by atoms with Gasteiger partial charge >= 0.3 is 0 Å². The quantitative estimate of drug-likeness (QED) is 0.0324. The van der Waals surface area contributed by atoms with Gasteiger partial charge in [0.25, 0.3) is 0 Å². The van der Waals surface area contributed by atoms with Crippen molar-refractivity contribution in [1.82, 2.24) is 79.3 Å². The predicted molar refractivity (Wildman–Crippen MR) is 421 cm³/mol. The molecule has 37 heteroatoms. The van der Waals surface area contributed by atoms with Gasteiger partial charge in [-0.2, -0.15) is 0 Å². The molecule has 1 aliphatic rings. The second-order valence-electron chi connectivity index (χ2n) is 34.4. The molecule has 114 heavy (non-hydrogen) atoms. The van der Waals surface area contributed by atoms with E-state index in [-0.39, 0.29) is 61.9 Å². The number of fused-ring (bicyclic) bond motifs is 1. The number of nitrogens with zero attached hydrogens (tertiary/aromatic N) is 1. The zero-order valence-electron chi connectivity index (χ0n) is 70.3. The number of carbonyl (C=O) groups is 18. The number of nitrogens with one attached hydrogen (secondary N) is 14. The van der Waals surface area contributed by atoms with E-state index in [0.717, 1.165) is 11.1 Å². The van der Waals surface area contributed by atoms with Crippen molar-refractivity contribution >= 4 is 106 Å².